The quantitative estimate of drug-likeness (QED) is 0.835. The maximum Gasteiger partial charge on any atom is 0.251 e. The predicted molar refractivity (Wildman–Crippen MR) is 81.2 cm³/mol. The number of amides is 2. The maximum atomic E-state index is 12.1. The zero-order valence-electron chi connectivity index (χ0n) is 12.3. The highest BCUT2D eigenvalue weighted by molar-refractivity contribution is 5.99. The summed E-state index contributed by atoms with van der Waals surface area (Å²) in [7, 11) is 0. The van der Waals surface area contributed by atoms with Gasteiger partial charge in [-0.05, 0) is 37.0 Å². The van der Waals surface area contributed by atoms with E-state index in [2.05, 4.69) is 5.32 Å². The Kier molecular flexibility index (Phi) is 5.33. The summed E-state index contributed by atoms with van der Waals surface area (Å²) in [5.41, 5.74) is 1.34. The number of aliphatic hydroxyl groups is 1. The third kappa shape index (κ3) is 4.04. The molecule has 2 N–H and O–H groups in total. The van der Waals surface area contributed by atoms with Gasteiger partial charge in [-0.25, -0.2) is 0 Å². The minimum Gasteiger partial charge on any atom is -0.396 e. The SMILES string of the molecule is CC(CCO)CNC(=O)c1cccc(N2CCCC2=O)c1. The molecule has 2 amide bonds. The Labute approximate surface area is 125 Å². The molecule has 5 heteroatoms. The number of carbonyl (C=O) groups excluding carboxylic acids is 2. The van der Waals surface area contributed by atoms with Crippen LogP contribution >= 0.6 is 0 Å². The fraction of sp³-hybridized carbons (Fsp3) is 0.500. The largest absolute Gasteiger partial charge is 0.396 e. The van der Waals surface area contributed by atoms with Crippen LogP contribution in [-0.4, -0.2) is 36.6 Å². The van der Waals surface area contributed by atoms with Crippen LogP contribution in [0.2, 0.25) is 0 Å². The summed E-state index contributed by atoms with van der Waals surface area (Å²) in [6.07, 6.45) is 2.12. The predicted octanol–water partition coefficient (Wildman–Crippen LogP) is 1.56. The molecular weight excluding hydrogens is 268 g/mol. The van der Waals surface area contributed by atoms with E-state index >= 15 is 0 Å². The van der Waals surface area contributed by atoms with Gasteiger partial charge in [0.15, 0.2) is 0 Å². The molecule has 5 nitrogen and oxygen atoms in total. The molecule has 0 saturated carbocycles. The maximum absolute atomic E-state index is 12.1. The molecule has 0 aromatic heterocycles. The summed E-state index contributed by atoms with van der Waals surface area (Å²) in [6, 6.07) is 7.16. The van der Waals surface area contributed by atoms with E-state index in [-0.39, 0.29) is 24.3 Å². The minimum absolute atomic E-state index is 0.115. The lowest BCUT2D eigenvalue weighted by atomic mass is 10.1. The van der Waals surface area contributed by atoms with Gasteiger partial charge in [-0.1, -0.05) is 13.0 Å². The van der Waals surface area contributed by atoms with Gasteiger partial charge in [0.2, 0.25) is 5.91 Å². The highest BCUT2D eigenvalue weighted by atomic mass is 16.3. The number of nitrogens with zero attached hydrogens (tertiary/aromatic N) is 1. The van der Waals surface area contributed by atoms with Crippen LogP contribution < -0.4 is 10.2 Å². The van der Waals surface area contributed by atoms with Crippen LogP contribution in [0.5, 0.6) is 0 Å². The monoisotopic (exact) mass is 290 g/mol. The average Bonchev–Trinajstić information content (AvgIpc) is 2.91. The molecule has 1 saturated heterocycles. The molecule has 1 atom stereocenters. The number of carbonyl (C=O) groups is 2. The topological polar surface area (TPSA) is 69.6 Å². The van der Waals surface area contributed by atoms with Gasteiger partial charge in [-0.15, -0.1) is 0 Å². The summed E-state index contributed by atoms with van der Waals surface area (Å²) in [4.78, 5) is 25.6. The first-order chi connectivity index (χ1) is 10.1. The average molecular weight is 290 g/mol. The number of hydrogen-bond donors (Lipinski definition) is 2. The second-order valence-corrected chi connectivity index (χ2v) is 5.53. The number of nitrogens with one attached hydrogen (secondary N) is 1. The van der Waals surface area contributed by atoms with Gasteiger partial charge in [-0.2, -0.15) is 0 Å². The molecule has 0 spiro atoms. The van der Waals surface area contributed by atoms with Gasteiger partial charge in [0.05, 0.1) is 0 Å². The third-order valence-corrected chi connectivity index (χ3v) is 3.73. The summed E-state index contributed by atoms with van der Waals surface area (Å²) in [6.45, 7) is 3.36. The van der Waals surface area contributed by atoms with Gasteiger partial charge in [0.25, 0.3) is 5.91 Å². The molecule has 2 rings (SSSR count). The Bertz CT molecular complexity index is 516. The van der Waals surface area contributed by atoms with Crippen molar-refractivity contribution in [3.05, 3.63) is 29.8 Å². The van der Waals surface area contributed by atoms with E-state index in [4.69, 9.17) is 5.11 Å². The molecule has 1 aliphatic heterocycles. The molecule has 1 heterocycles. The van der Waals surface area contributed by atoms with Crippen molar-refractivity contribution in [1.82, 2.24) is 5.32 Å². The highest BCUT2D eigenvalue weighted by Crippen LogP contribution is 2.22. The van der Waals surface area contributed by atoms with Crippen molar-refractivity contribution in [2.45, 2.75) is 26.2 Å². The van der Waals surface area contributed by atoms with Gasteiger partial charge in [-0.3, -0.25) is 9.59 Å². The summed E-state index contributed by atoms with van der Waals surface area (Å²) >= 11 is 0. The van der Waals surface area contributed by atoms with Crippen LogP contribution in [0, 0.1) is 5.92 Å². The zero-order chi connectivity index (χ0) is 15.2. The summed E-state index contributed by atoms with van der Waals surface area (Å²) < 4.78 is 0. The Morgan fingerprint density at radius 1 is 1.48 bits per heavy atom. The molecule has 21 heavy (non-hydrogen) atoms. The highest BCUT2D eigenvalue weighted by Gasteiger charge is 2.22. The second kappa shape index (κ2) is 7.22. The van der Waals surface area contributed by atoms with E-state index in [9.17, 15) is 9.59 Å². The fourth-order valence-corrected chi connectivity index (χ4v) is 2.43. The number of rotatable bonds is 6. The van der Waals surface area contributed by atoms with Crippen molar-refractivity contribution in [3.8, 4) is 0 Å². The van der Waals surface area contributed by atoms with Crippen molar-refractivity contribution < 1.29 is 14.7 Å². The molecule has 1 aromatic rings. The van der Waals surface area contributed by atoms with E-state index in [1.54, 1.807) is 23.1 Å². The molecule has 0 bridgehead atoms. The fourth-order valence-electron chi connectivity index (χ4n) is 2.43. The van der Waals surface area contributed by atoms with Crippen LogP contribution in [0.3, 0.4) is 0 Å². The Hall–Kier alpha value is -1.88. The number of hydrogen-bond acceptors (Lipinski definition) is 3. The zero-order valence-corrected chi connectivity index (χ0v) is 12.3. The van der Waals surface area contributed by atoms with Crippen molar-refractivity contribution in [1.29, 1.82) is 0 Å². The first-order valence-electron chi connectivity index (χ1n) is 7.41. The van der Waals surface area contributed by atoms with Crippen LogP contribution in [0.25, 0.3) is 0 Å². The number of aliphatic hydroxyl groups excluding tert-OH is 1. The van der Waals surface area contributed by atoms with Crippen molar-refractivity contribution in [3.63, 3.8) is 0 Å². The lowest BCUT2D eigenvalue weighted by Gasteiger charge is -2.17. The van der Waals surface area contributed by atoms with E-state index in [1.807, 2.05) is 13.0 Å². The van der Waals surface area contributed by atoms with Crippen LogP contribution in [0.4, 0.5) is 5.69 Å². The normalized spacial score (nSPS) is 16.1. The summed E-state index contributed by atoms with van der Waals surface area (Å²) in [5.74, 6) is 0.208. The van der Waals surface area contributed by atoms with Crippen molar-refractivity contribution in [2.24, 2.45) is 5.92 Å². The van der Waals surface area contributed by atoms with Gasteiger partial charge in [0, 0.05) is 37.4 Å². The molecule has 1 aliphatic rings. The van der Waals surface area contributed by atoms with E-state index in [0.29, 0.717) is 24.9 Å². The second-order valence-electron chi connectivity index (χ2n) is 5.53. The van der Waals surface area contributed by atoms with E-state index in [0.717, 1.165) is 18.7 Å². The number of anilines is 1. The lowest BCUT2D eigenvalue weighted by molar-refractivity contribution is -0.117. The standard InChI is InChI=1S/C16H22N2O3/c1-12(7-9-19)11-17-16(21)13-4-2-5-14(10-13)18-8-3-6-15(18)20/h2,4-5,10,12,19H,3,6-9,11H2,1H3,(H,17,21). The summed E-state index contributed by atoms with van der Waals surface area (Å²) in [5, 5.41) is 11.7. The van der Waals surface area contributed by atoms with Gasteiger partial charge >= 0.3 is 0 Å². The molecule has 0 aliphatic carbocycles. The molecule has 1 aromatic carbocycles. The first-order valence-corrected chi connectivity index (χ1v) is 7.41. The molecule has 0 radical (unpaired) electrons. The molecular formula is C16H22N2O3. The van der Waals surface area contributed by atoms with Crippen molar-refractivity contribution >= 4 is 17.5 Å². The van der Waals surface area contributed by atoms with Gasteiger partial charge in [0.1, 0.15) is 0 Å². The van der Waals surface area contributed by atoms with Crippen LogP contribution in [0.1, 0.15) is 36.5 Å². The lowest BCUT2D eigenvalue weighted by Crippen LogP contribution is -2.29. The molecule has 1 unspecified atom stereocenters. The smallest absolute Gasteiger partial charge is 0.251 e. The van der Waals surface area contributed by atoms with Crippen LogP contribution in [-0.2, 0) is 4.79 Å². The first kappa shape index (κ1) is 15.5. The minimum atomic E-state index is -0.145. The van der Waals surface area contributed by atoms with Crippen molar-refractivity contribution in [2.75, 3.05) is 24.6 Å². The number of benzene rings is 1. The molecule has 114 valence electrons. The Morgan fingerprint density at radius 2 is 2.29 bits per heavy atom. The van der Waals surface area contributed by atoms with E-state index in [1.165, 1.54) is 0 Å². The Balaban J connectivity index is 2.00. The Morgan fingerprint density at radius 3 is 2.95 bits per heavy atom. The van der Waals surface area contributed by atoms with Crippen LogP contribution in [0.15, 0.2) is 24.3 Å². The van der Waals surface area contributed by atoms with Gasteiger partial charge < -0.3 is 15.3 Å². The third-order valence-electron chi connectivity index (χ3n) is 3.73. The molecule has 1 fully saturated rings. The van der Waals surface area contributed by atoms with E-state index < -0.39 is 0 Å².